The van der Waals surface area contributed by atoms with E-state index in [1.165, 1.54) is 12.1 Å². The average molecular weight is 744 g/mol. The van der Waals surface area contributed by atoms with E-state index >= 15 is 0 Å². The molecule has 3 N–H and O–H groups in total. The van der Waals surface area contributed by atoms with Crippen molar-refractivity contribution in [3.05, 3.63) is 101 Å². The zero-order valence-corrected chi connectivity index (χ0v) is 32.9. The highest BCUT2D eigenvalue weighted by atomic mass is 16.5. The van der Waals surface area contributed by atoms with Crippen LogP contribution < -0.4 is 10.7 Å². The van der Waals surface area contributed by atoms with Gasteiger partial charge in [0.25, 0.3) is 0 Å². The number of urea groups is 2. The van der Waals surface area contributed by atoms with Crippen LogP contribution in [-0.2, 0) is 29.0 Å². The second-order valence-corrected chi connectivity index (χ2v) is 16.2. The van der Waals surface area contributed by atoms with E-state index in [0.29, 0.717) is 19.6 Å². The van der Waals surface area contributed by atoms with Gasteiger partial charge < -0.3 is 25.0 Å². The number of imide groups is 1. The van der Waals surface area contributed by atoms with E-state index in [4.69, 9.17) is 4.74 Å². The lowest BCUT2D eigenvalue weighted by atomic mass is 9.84. The topological polar surface area (TPSA) is 148 Å². The number of hydrogen-bond acceptors (Lipinski definition) is 8. The van der Waals surface area contributed by atoms with Gasteiger partial charge in [-0.05, 0) is 52.5 Å². The first kappa shape index (κ1) is 41.7. The second-order valence-electron chi connectivity index (χ2n) is 16.2. The molecule has 2 aromatic carbocycles. The van der Waals surface area contributed by atoms with Crippen molar-refractivity contribution in [1.29, 1.82) is 0 Å². The van der Waals surface area contributed by atoms with Crippen molar-refractivity contribution < 1.29 is 29.0 Å². The molecule has 0 aliphatic carbocycles. The van der Waals surface area contributed by atoms with Crippen LogP contribution in [-0.4, -0.2) is 105 Å². The Morgan fingerprint density at radius 2 is 1.57 bits per heavy atom. The Bertz CT molecular complexity index is 1710. The van der Waals surface area contributed by atoms with Crippen LogP contribution in [0, 0.1) is 17.8 Å². The number of hydrogen-bond donors (Lipinski definition) is 3. The molecule has 0 spiro atoms. The number of rotatable bonds is 14. The van der Waals surface area contributed by atoms with E-state index in [2.05, 4.69) is 15.7 Å². The van der Waals surface area contributed by atoms with Crippen LogP contribution >= 0.6 is 0 Å². The molecule has 0 saturated carbocycles. The predicted molar refractivity (Wildman–Crippen MR) is 207 cm³/mol. The second kappa shape index (κ2) is 18.4. The molecule has 54 heavy (non-hydrogen) atoms. The fraction of sp³-hybridized carbons (Fsp3) is 0.488. The summed E-state index contributed by atoms with van der Waals surface area (Å²) >= 11 is 0. The number of aliphatic hydroxyl groups is 1. The van der Waals surface area contributed by atoms with E-state index in [-0.39, 0.29) is 32.1 Å². The van der Waals surface area contributed by atoms with Crippen LogP contribution in [0.25, 0.3) is 0 Å². The van der Waals surface area contributed by atoms with Gasteiger partial charge in [0, 0.05) is 51.7 Å². The zero-order valence-electron chi connectivity index (χ0n) is 32.9. The number of carbonyl (C=O) groups is 4. The van der Waals surface area contributed by atoms with E-state index in [1.54, 1.807) is 22.2 Å². The summed E-state index contributed by atoms with van der Waals surface area (Å²) in [4.78, 5) is 63.3. The number of pyridine rings is 1. The van der Waals surface area contributed by atoms with Crippen LogP contribution in [0.4, 0.5) is 14.4 Å². The molecule has 1 aromatic heterocycles. The number of benzene rings is 2. The van der Waals surface area contributed by atoms with Gasteiger partial charge in [-0.3, -0.25) is 15.2 Å². The Kier molecular flexibility index (Phi) is 14.2. The number of carbonyl (C=O) groups excluding carboxylic acids is 4. The fourth-order valence-electron chi connectivity index (χ4n) is 6.58. The van der Waals surface area contributed by atoms with Crippen molar-refractivity contribution >= 4 is 24.1 Å². The molecule has 1 fully saturated rings. The molecule has 6 amide bonds. The summed E-state index contributed by atoms with van der Waals surface area (Å²) in [6.07, 6.45) is 1.74. The van der Waals surface area contributed by atoms with Crippen LogP contribution in [0.5, 0.6) is 0 Å². The van der Waals surface area contributed by atoms with Gasteiger partial charge >= 0.3 is 18.2 Å². The lowest BCUT2D eigenvalue weighted by molar-refractivity contribution is -0.130. The summed E-state index contributed by atoms with van der Waals surface area (Å²) in [6, 6.07) is 18.2. The largest absolute Gasteiger partial charge is 0.452 e. The average Bonchev–Trinajstić information content (AvgIpc) is 3.45. The highest BCUT2D eigenvalue weighted by Crippen LogP contribution is 2.29. The molecule has 3 atom stereocenters. The minimum absolute atomic E-state index is 0.0859. The number of nitrogens with one attached hydrogen (secondary N) is 2. The molecule has 0 radical (unpaired) electrons. The van der Waals surface area contributed by atoms with Crippen molar-refractivity contribution in [3.63, 3.8) is 0 Å². The summed E-state index contributed by atoms with van der Waals surface area (Å²) < 4.78 is 4.93. The molecule has 13 nitrogen and oxygen atoms in total. The molecule has 3 aromatic rings. The van der Waals surface area contributed by atoms with Gasteiger partial charge in [-0.1, -0.05) is 102 Å². The summed E-state index contributed by atoms with van der Waals surface area (Å²) in [7, 11) is 1.22. The van der Waals surface area contributed by atoms with Gasteiger partial charge in [0.1, 0.15) is 6.04 Å². The maximum absolute atomic E-state index is 14.4. The molecular formula is C41H57N7O6. The first-order chi connectivity index (χ1) is 25.5. The van der Waals surface area contributed by atoms with Gasteiger partial charge in [-0.2, -0.15) is 0 Å². The quantitative estimate of drug-likeness (QED) is 0.187. The van der Waals surface area contributed by atoms with Crippen molar-refractivity contribution in [2.24, 2.45) is 10.8 Å². The van der Waals surface area contributed by atoms with Gasteiger partial charge in [-0.25, -0.2) is 24.3 Å². The SMILES string of the molecule is COC(=O)N(CC(C)(C)C)C(=O)NN(Cc1ccccc1)CC(O)C(Cc1ccccc1)NC(=O)C(N1CCN(Cc2cnccc2C)C1=O)C(C)(C)C. The minimum Gasteiger partial charge on any atom is -0.452 e. The van der Waals surface area contributed by atoms with Crippen LogP contribution in [0.2, 0.25) is 0 Å². The third kappa shape index (κ3) is 11.7. The zero-order chi connectivity index (χ0) is 39.6. The van der Waals surface area contributed by atoms with E-state index in [1.807, 2.05) is 115 Å². The third-order valence-corrected chi connectivity index (χ3v) is 9.26. The van der Waals surface area contributed by atoms with Crippen molar-refractivity contribution in [3.8, 4) is 0 Å². The lowest BCUT2D eigenvalue weighted by Crippen LogP contribution is -2.60. The van der Waals surface area contributed by atoms with Gasteiger partial charge in [0.2, 0.25) is 5.91 Å². The molecule has 2 heterocycles. The van der Waals surface area contributed by atoms with Crippen molar-refractivity contribution in [2.75, 3.05) is 33.3 Å². The molecule has 1 aliphatic rings. The monoisotopic (exact) mass is 743 g/mol. The lowest BCUT2D eigenvalue weighted by Gasteiger charge is -2.38. The van der Waals surface area contributed by atoms with E-state index in [9.17, 15) is 24.3 Å². The van der Waals surface area contributed by atoms with Gasteiger partial charge in [0.15, 0.2) is 0 Å². The van der Waals surface area contributed by atoms with Crippen LogP contribution in [0.15, 0.2) is 79.1 Å². The Hall–Kier alpha value is -5.01. The normalized spacial score (nSPS) is 15.1. The Balaban J connectivity index is 1.60. The standard InChI is InChI=1S/C41H57N7O6/c1-29-19-20-42-24-32(29)26-45-21-22-47(38(45)52)35(41(5,6)7)36(50)43-33(23-30-15-11-9-12-16-30)34(49)27-46(25-31-17-13-10-14-18-31)44-37(51)48(39(53)54-8)28-40(2,3)4/h9-20,24,33-35,49H,21-23,25-28H2,1-8H3,(H,43,50)(H,44,51). The predicted octanol–water partition coefficient (Wildman–Crippen LogP) is 5.37. The molecule has 13 heteroatoms. The molecule has 1 saturated heterocycles. The summed E-state index contributed by atoms with van der Waals surface area (Å²) in [5, 5.41) is 16.6. The minimum atomic E-state index is -1.20. The van der Waals surface area contributed by atoms with Crippen LogP contribution in [0.3, 0.4) is 0 Å². The number of hydrazine groups is 1. The maximum Gasteiger partial charge on any atom is 0.417 e. The first-order valence-corrected chi connectivity index (χ1v) is 18.4. The van der Waals surface area contributed by atoms with Crippen LogP contribution in [0.1, 0.15) is 63.8 Å². The summed E-state index contributed by atoms with van der Waals surface area (Å²) in [5.41, 5.74) is 5.44. The molecule has 292 valence electrons. The summed E-state index contributed by atoms with van der Waals surface area (Å²) in [5.74, 6) is -0.393. The number of methoxy groups -OCH3 is 1. The molecule has 1 aliphatic heterocycles. The number of aryl methyl sites for hydroxylation is 1. The number of amides is 6. The number of nitrogens with zero attached hydrogens (tertiary/aromatic N) is 5. The Labute approximate surface area is 319 Å². The smallest absolute Gasteiger partial charge is 0.417 e. The third-order valence-electron chi connectivity index (χ3n) is 9.26. The number of aliphatic hydroxyl groups excluding tert-OH is 1. The highest BCUT2D eigenvalue weighted by molar-refractivity contribution is 5.91. The van der Waals surface area contributed by atoms with E-state index in [0.717, 1.165) is 27.2 Å². The number of aromatic nitrogens is 1. The van der Waals surface area contributed by atoms with Crippen molar-refractivity contribution in [2.45, 2.75) is 86.2 Å². The van der Waals surface area contributed by atoms with Gasteiger partial charge in [0.05, 0.1) is 19.3 Å². The van der Waals surface area contributed by atoms with Crippen molar-refractivity contribution in [1.82, 2.24) is 35.4 Å². The highest BCUT2D eigenvalue weighted by Gasteiger charge is 2.44. The molecule has 3 unspecified atom stereocenters. The molecule has 0 bridgehead atoms. The molecule has 4 rings (SSSR count). The van der Waals surface area contributed by atoms with E-state index < -0.39 is 47.0 Å². The maximum atomic E-state index is 14.4. The fourth-order valence-corrected chi connectivity index (χ4v) is 6.58. The number of ether oxygens (including phenoxy) is 1. The Morgan fingerprint density at radius 3 is 2.15 bits per heavy atom. The molecular weight excluding hydrogens is 686 g/mol. The Morgan fingerprint density at radius 1 is 0.944 bits per heavy atom. The summed E-state index contributed by atoms with van der Waals surface area (Å²) in [6.45, 7) is 14.8. The first-order valence-electron chi connectivity index (χ1n) is 18.4. The van der Waals surface area contributed by atoms with Gasteiger partial charge in [-0.15, -0.1) is 0 Å².